The fourth-order valence-electron chi connectivity index (χ4n) is 1.58. The van der Waals surface area contributed by atoms with Crippen LogP contribution in [0.5, 0.6) is 0 Å². The molecule has 0 bridgehead atoms. The van der Waals surface area contributed by atoms with Crippen LogP contribution in [-0.2, 0) is 9.53 Å². The molecule has 0 aromatic rings. The average molecular weight is 282 g/mol. The third-order valence-corrected chi connectivity index (χ3v) is 2.69. The van der Waals surface area contributed by atoms with E-state index in [1.54, 1.807) is 0 Å². The molecule has 0 N–H and O–H groups in total. The zero-order valence-corrected chi connectivity index (χ0v) is 15.3. The van der Waals surface area contributed by atoms with Gasteiger partial charge in [0.25, 0.3) is 0 Å². The maximum Gasteiger partial charge on any atom is 1.00 e. The van der Waals surface area contributed by atoms with Crippen LogP contribution >= 0.6 is 0 Å². The van der Waals surface area contributed by atoms with E-state index in [-0.39, 0.29) is 57.8 Å². The van der Waals surface area contributed by atoms with Crippen molar-refractivity contribution in [2.45, 2.75) is 71.1 Å². The predicted molar refractivity (Wildman–Crippen MR) is 67.7 cm³/mol. The minimum Gasteiger partial charge on any atom is -0.550 e. The topological polar surface area (TPSA) is 52.7 Å². The van der Waals surface area contributed by atoms with Crippen LogP contribution in [0.15, 0.2) is 0 Å². The Morgan fingerprint density at radius 2 is 1.33 bits per heavy atom. The summed E-state index contributed by atoms with van der Waals surface area (Å²) in [5, 5.41) is 10.1. The van der Waals surface area contributed by atoms with E-state index in [0.29, 0.717) is 0 Å². The summed E-state index contributed by atoms with van der Waals surface area (Å²) in [5.74, 6) is -0.909. The number of aliphatic carboxylic acids is 1. The van der Waals surface area contributed by atoms with E-state index in [9.17, 15) is 9.90 Å². The van der Waals surface area contributed by atoms with Gasteiger partial charge in [-0.3, -0.25) is 0 Å². The molecule has 0 aromatic carbocycles. The number of carboxylic acids is 1. The van der Waals surface area contributed by atoms with Gasteiger partial charge in [0.2, 0.25) is 0 Å². The zero-order valence-electron chi connectivity index (χ0n) is 12.2. The van der Waals surface area contributed by atoms with Gasteiger partial charge in [0.1, 0.15) is 0 Å². The SMILES string of the molecule is C1CO1.CCCCCCCCCCCC(=O)[O-].[K+]. The number of carbonyl (C=O) groups excluding carboxylic acids is 1. The van der Waals surface area contributed by atoms with E-state index >= 15 is 0 Å². The Balaban J connectivity index is 0. The van der Waals surface area contributed by atoms with Crippen molar-refractivity contribution in [1.82, 2.24) is 0 Å². The first-order chi connectivity index (χ1) is 8.27. The number of rotatable bonds is 10. The Morgan fingerprint density at radius 3 is 1.67 bits per heavy atom. The van der Waals surface area contributed by atoms with Crippen molar-refractivity contribution < 1.29 is 66.0 Å². The van der Waals surface area contributed by atoms with Gasteiger partial charge in [-0.1, -0.05) is 58.3 Å². The molecule has 1 heterocycles. The first-order valence-electron chi connectivity index (χ1n) is 7.05. The molecule has 18 heavy (non-hydrogen) atoms. The van der Waals surface area contributed by atoms with E-state index < -0.39 is 5.97 Å². The van der Waals surface area contributed by atoms with Gasteiger partial charge in [0.15, 0.2) is 0 Å². The van der Waals surface area contributed by atoms with Gasteiger partial charge >= 0.3 is 51.4 Å². The van der Waals surface area contributed by atoms with Crippen LogP contribution in [-0.4, -0.2) is 19.2 Å². The average Bonchev–Trinajstić information content (AvgIpc) is 3.14. The van der Waals surface area contributed by atoms with Gasteiger partial charge < -0.3 is 14.6 Å². The minimum atomic E-state index is -0.909. The second-order valence-corrected chi connectivity index (χ2v) is 4.56. The van der Waals surface area contributed by atoms with Crippen LogP contribution in [0.1, 0.15) is 71.1 Å². The van der Waals surface area contributed by atoms with E-state index in [0.717, 1.165) is 26.1 Å². The first kappa shape index (κ1) is 21.4. The monoisotopic (exact) mass is 282 g/mol. The second kappa shape index (κ2) is 18.1. The van der Waals surface area contributed by atoms with Gasteiger partial charge in [-0.05, 0) is 12.8 Å². The number of carbonyl (C=O) groups is 1. The molecule has 0 aliphatic carbocycles. The molecule has 102 valence electrons. The molecule has 1 aliphatic rings. The van der Waals surface area contributed by atoms with Crippen molar-refractivity contribution in [2.75, 3.05) is 13.2 Å². The Bertz CT molecular complexity index is 170. The molecule has 1 rings (SSSR count). The van der Waals surface area contributed by atoms with Crippen molar-refractivity contribution in [1.29, 1.82) is 0 Å². The van der Waals surface area contributed by atoms with Crippen LogP contribution in [0.3, 0.4) is 0 Å². The third kappa shape index (κ3) is 25.8. The van der Waals surface area contributed by atoms with Gasteiger partial charge in [-0.2, -0.15) is 0 Å². The molecule has 3 nitrogen and oxygen atoms in total. The standard InChI is InChI=1S/C12H24O2.C2H4O.K/c1-2-3-4-5-6-7-8-9-10-11-12(13)14;1-2-3-1;/h2-11H2,1H3,(H,13,14);1-2H2;/q;;+1/p-1. The van der Waals surface area contributed by atoms with Crippen molar-refractivity contribution in [2.24, 2.45) is 0 Å². The molecular weight excluding hydrogens is 255 g/mol. The molecule has 0 aromatic heterocycles. The quantitative estimate of drug-likeness (QED) is 0.313. The maximum atomic E-state index is 10.1. The summed E-state index contributed by atoms with van der Waals surface area (Å²) in [7, 11) is 0. The van der Waals surface area contributed by atoms with Crippen molar-refractivity contribution in [3.63, 3.8) is 0 Å². The normalized spacial score (nSPS) is 12.1. The molecule has 4 heteroatoms. The molecule has 0 saturated carbocycles. The molecule has 0 unspecified atom stereocenters. The largest absolute Gasteiger partial charge is 1.00 e. The summed E-state index contributed by atoms with van der Waals surface area (Å²) in [6.45, 7) is 4.22. The molecule has 1 aliphatic heterocycles. The molecule has 0 atom stereocenters. The summed E-state index contributed by atoms with van der Waals surface area (Å²) >= 11 is 0. The minimum absolute atomic E-state index is 0. The second-order valence-electron chi connectivity index (χ2n) is 4.56. The van der Waals surface area contributed by atoms with Crippen LogP contribution in [0.2, 0.25) is 0 Å². The Hall–Kier alpha value is 1.07. The number of carboxylic acid groups (broad SMARTS) is 1. The van der Waals surface area contributed by atoms with Gasteiger partial charge in [-0.15, -0.1) is 0 Å². The fourth-order valence-corrected chi connectivity index (χ4v) is 1.58. The third-order valence-electron chi connectivity index (χ3n) is 2.69. The van der Waals surface area contributed by atoms with Crippen molar-refractivity contribution >= 4 is 5.97 Å². The number of hydrogen-bond acceptors (Lipinski definition) is 3. The van der Waals surface area contributed by atoms with Crippen molar-refractivity contribution in [3.8, 4) is 0 Å². The Kier molecular flexibility index (Phi) is 21.4. The summed E-state index contributed by atoms with van der Waals surface area (Å²) in [6.07, 6.45) is 11.2. The van der Waals surface area contributed by atoms with Gasteiger partial charge in [-0.25, -0.2) is 0 Å². The molecule has 0 amide bonds. The van der Waals surface area contributed by atoms with E-state index in [1.807, 2.05) is 0 Å². The zero-order chi connectivity index (χ0) is 12.8. The van der Waals surface area contributed by atoms with Crippen LogP contribution < -0.4 is 56.5 Å². The smallest absolute Gasteiger partial charge is 0.550 e. The molecule has 1 fully saturated rings. The molecule has 0 spiro atoms. The summed E-state index contributed by atoms with van der Waals surface area (Å²) in [4.78, 5) is 10.1. The van der Waals surface area contributed by atoms with Gasteiger partial charge in [0.05, 0.1) is 13.2 Å². The number of hydrogen-bond donors (Lipinski definition) is 0. The first-order valence-corrected chi connectivity index (χ1v) is 7.05. The van der Waals surface area contributed by atoms with Gasteiger partial charge in [0, 0.05) is 5.97 Å². The number of ether oxygens (including phenoxy) is 1. The Morgan fingerprint density at radius 1 is 0.944 bits per heavy atom. The van der Waals surface area contributed by atoms with Crippen LogP contribution in [0, 0.1) is 0 Å². The van der Waals surface area contributed by atoms with Crippen LogP contribution in [0.4, 0.5) is 0 Å². The predicted octanol–water partition coefficient (Wildman–Crippen LogP) is -0.322. The number of unbranched alkanes of at least 4 members (excludes halogenated alkanes) is 8. The van der Waals surface area contributed by atoms with E-state index in [1.165, 1.54) is 44.9 Å². The fraction of sp³-hybridized carbons (Fsp3) is 0.929. The van der Waals surface area contributed by atoms with E-state index in [2.05, 4.69) is 11.7 Å². The van der Waals surface area contributed by atoms with E-state index in [4.69, 9.17) is 0 Å². The molecule has 1 saturated heterocycles. The maximum absolute atomic E-state index is 10.1. The summed E-state index contributed by atoms with van der Waals surface area (Å²) < 4.78 is 4.50. The molecular formula is C14H27KO3. The summed E-state index contributed by atoms with van der Waals surface area (Å²) in [6, 6.07) is 0. The Labute approximate surface area is 154 Å². The van der Waals surface area contributed by atoms with Crippen molar-refractivity contribution in [3.05, 3.63) is 0 Å². The summed E-state index contributed by atoms with van der Waals surface area (Å²) in [5.41, 5.74) is 0. The number of epoxide rings is 1. The molecule has 0 radical (unpaired) electrons. The van der Waals surface area contributed by atoms with Crippen LogP contribution in [0.25, 0.3) is 0 Å².